The molecule has 0 spiro atoms. The van der Waals surface area contributed by atoms with Gasteiger partial charge < -0.3 is 4.74 Å². The van der Waals surface area contributed by atoms with Crippen LogP contribution in [0.4, 0.5) is 0 Å². The van der Waals surface area contributed by atoms with Gasteiger partial charge in [0.25, 0.3) is 0 Å². The van der Waals surface area contributed by atoms with Gasteiger partial charge in [0.1, 0.15) is 0 Å². The topological polar surface area (TPSA) is 26.3 Å². The molecule has 2 heteroatoms. The summed E-state index contributed by atoms with van der Waals surface area (Å²) in [5.74, 6) is -0.334. The minimum atomic E-state index is -0.334. The average Bonchev–Trinajstić information content (AvgIpc) is 2.10. The molecule has 0 aromatic heterocycles. The summed E-state index contributed by atoms with van der Waals surface area (Å²) in [5.41, 5.74) is 0.381. The monoisotopic (exact) mass is 212 g/mol. The molecule has 2 nitrogen and oxygen atoms in total. The van der Waals surface area contributed by atoms with Crippen LogP contribution in [0.2, 0.25) is 0 Å². The fourth-order valence-corrected chi connectivity index (χ4v) is 1.11. The molecule has 0 aromatic rings. The molecule has 0 heterocycles. The average molecular weight is 212 g/mol. The van der Waals surface area contributed by atoms with Crippen molar-refractivity contribution in [3.05, 3.63) is 12.7 Å². The van der Waals surface area contributed by atoms with Crippen LogP contribution in [0.25, 0.3) is 0 Å². The second kappa shape index (κ2) is 5.34. The maximum absolute atomic E-state index is 10.9. The molecular weight excluding hydrogens is 188 g/mol. The van der Waals surface area contributed by atoms with Gasteiger partial charge in [0, 0.05) is 6.08 Å². The Hall–Kier alpha value is -0.790. The minimum Gasteiger partial charge on any atom is -0.462 e. The third-order valence-electron chi connectivity index (χ3n) is 2.32. The maximum Gasteiger partial charge on any atom is 0.330 e. The molecule has 88 valence electrons. The van der Waals surface area contributed by atoms with Gasteiger partial charge in [-0.25, -0.2) is 4.79 Å². The molecule has 0 amide bonds. The van der Waals surface area contributed by atoms with E-state index >= 15 is 0 Å². The van der Waals surface area contributed by atoms with Gasteiger partial charge in [0.2, 0.25) is 0 Å². The highest BCUT2D eigenvalue weighted by Crippen LogP contribution is 2.30. The summed E-state index contributed by atoms with van der Waals surface area (Å²) in [5, 5.41) is 0. The van der Waals surface area contributed by atoms with Gasteiger partial charge in [0.15, 0.2) is 0 Å². The van der Waals surface area contributed by atoms with Crippen molar-refractivity contribution in [3.63, 3.8) is 0 Å². The molecule has 0 saturated heterocycles. The van der Waals surface area contributed by atoms with Crippen molar-refractivity contribution >= 4 is 5.97 Å². The first-order valence-corrected chi connectivity index (χ1v) is 5.45. The second-order valence-electron chi connectivity index (χ2n) is 6.04. The molecule has 0 N–H and O–H groups in total. The molecule has 0 fully saturated rings. The van der Waals surface area contributed by atoms with Crippen molar-refractivity contribution in [1.29, 1.82) is 0 Å². The van der Waals surface area contributed by atoms with Crippen LogP contribution in [0.15, 0.2) is 12.7 Å². The Labute approximate surface area is 93.7 Å². The molecule has 0 atom stereocenters. The smallest absolute Gasteiger partial charge is 0.330 e. The number of ether oxygens (including phenoxy) is 1. The van der Waals surface area contributed by atoms with Crippen LogP contribution in [0.3, 0.4) is 0 Å². The Morgan fingerprint density at radius 1 is 1.20 bits per heavy atom. The lowest BCUT2D eigenvalue weighted by molar-refractivity contribution is -0.140. The summed E-state index contributed by atoms with van der Waals surface area (Å²) in [6.07, 6.45) is 3.40. The van der Waals surface area contributed by atoms with E-state index in [1.54, 1.807) is 0 Å². The van der Waals surface area contributed by atoms with Crippen molar-refractivity contribution in [1.82, 2.24) is 0 Å². The predicted octanol–water partition coefficient (Wildman–Crippen LogP) is 3.57. The van der Waals surface area contributed by atoms with E-state index in [0.717, 1.165) is 12.8 Å². The molecule has 0 bridgehead atoms. The van der Waals surface area contributed by atoms with E-state index in [9.17, 15) is 4.79 Å². The highest BCUT2D eigenvalue weighted by Gasteiger charge is 2.22. The Kier molecular flexibility index (Phi) is 5.06. The van der Waals surface area contributed by atoms with Crippen LogP contribution in [0.5, 0.6) is 0 Å². The van der Waals surface area contributed by atoms with E-state index in [4.69, 9.17) is 4.74 Å². The molecule has 15 heavy (non-hydrogen) atoms. The normalized spacial score (nSPS) is 12.3. The first-order chi connectivity index (χ1) is 6.66. The maximum atomic E-state index is 10.9. The van der Waals surface area contributed by atoms with Crippen LogP contribution in [-0.4, -0.2) is 12.6 Å². The Morgan fingerprint density at radius 2 is 1.73 bits per heavy atom. The van der Waals surface area contributed by atoms with Gasteiger partial charge >= 0.3 is 5.97 Å². The lowest BCUT2D eigenvalue weighted by atomic mass is 9.80. The largest absolute Gasteiger partial charge is 0.462 e. The zero-order valence-corrected chi connectivity index (χ0v) is 10.7. The zero-order valence-electron chi connectivity index (χ0n) is 10.7. The van der Waals surface area contributed by atoms with Crippen molar-refractivity contribution in [2.45, 2.75) is 47.5 Å². The summed E-state index contributed by atoms with van der Waals surface area (Å²) in [6.45, 7) is 14.7. The number of carbonyl (C=O) groups excluding carboxylic acids is 1. The molecule has 0 unspecified atom stereocenters. The molecule has 0 aromatic carbocycles. The first-order valence-electron chi connectivity index (χ1n) is 5.45. The Morgan fingerprint density at radius 3 is 2.13 bits per heavy atom. The molecule has 0 aliphatic rings. The van der Waals surface area contributed by atoms with Crippen molar-refractivity contribution in [3.8, 4) is 0 Å². The third-order valence-corrected chi connectivity index (χ3v) is 2.32. The van der Waals surface area contributed by atoms with E-state index in [0.29, 0.717) is 12.0 Å². The minimum absolute atomic E-state index is 0.0476. The summed E-state index contributed by atoms with van der Waals surface area (Å²) in [7, 11) is 0. The summed E-state index contributed by atoms with van der Waals surface area (Å²) < 4.78 is 5.06. The predicted molar refractivity (Wildman–Crippen MR) is 63.6 cm³/mol. The summed E-state index contributed by atoms with van der Waals surface area (Å²) >= 11 is 0. The van der Waals surface area contributed by atoms with Gasteiger partial charge in [-0.3, -0.25) is 0 Å². The van der Waals surface area contributed by atoms with Gasteiger partial charge in [-0.05, 0) is 23.7 Å². The van der Waals surface area contributed by atoms with E-state index in [1.807, 2.05) is 0 Å². The van der Waals surface area contributed by atoms with Gasteiger partial charge in [-0.1, -0.05) is 41.2 Å². The van der Waals surface area contributed by atoms with E-state index < -0.39 is 0 Å². The number of hydrogen-bond acceptors (Lipinski definition) is 2. The number of rotatable bonds is 5. The number of esters is 1. The first kappa shape index (κ1) is 14.2. The quantitative estimate of drug-likeness (QED) is 0.514. The van der Waals surface area contributed by atoms with E-state index in [1.165, 1.54) is 6.08 Å². The van der Waals surface area contributed by atoms with Crippen molar-refractivity contribution in [2.75, 3.05) is 6.61 Å². The van der Waals surface area contributed by atoms with Gasteiger partial charge in [0.05, 0.1) is 6.61 Å². The molecule has 0 aliphatic heterocycles. The van der Waals surface area contributed by atoms with Crippen LogP contribution >= 0.6 is 0 Å². The van der Waals surface area contributed by atoms with Crippen LogP contribution < -0.4 is 0 Å². The third kappa shape index (κ3) is 8.22. The zero-order chi connectivity index (χ0) is 12.1. The SMILES string of the molecule is C=CC(=O)OCC(C)(C)CCC(C)(C)C. The Bertz CT molecular complexity index is 221. The second-order valence-corrected chi connectivity index (χ2v) is 6.04. The summed E-state index contributed by atoms with van der Waals surface area (Å²) in [4.78, 5) is 10.9. The van der Waals surface area contributed by atoms with Gasteiger partial charge in [-0.15, -0.1) is 0 Å². The molecule has 0 aliphatic carbocycles. The van der Waals surface area contributed by atoms with Gasteiger partial charge in [-0.2, -0.15) is 0 Å². The van der Waals surface area contributed by atoms with Crippen LogP contribution in [0.1, 0.15) is 47.5 Å². The van der Waals surface area contributed by atoms with Crippen LogP contribution in [-0.2, 0) is 9.53 Å². The van der Waals surface area contributed by atoms with Crippen LogP contribution in [0, 0.1) is 10.8 Å². The van der Waals surface area contributed by atoms with Crippen molar-refractivity contribution in [2.24, 2.45) is 10.8 Å². The lowest BCUT2D eigenvalue weighted by Crippen LogP contribution is -2.23. The molecule has 0 saturated carbocycles. The standard InChI is InChI=1S/C13H24O2/c1-7-11(14)15-10-13(5,6)9-8-12(2,3)4/h7H,1,8-10H2,2-6H3. The highest BCUT2D eigenvalue weighted by atomic mass is 16.5. The summed E-state index contributed by atoms with van der Waals surface area (Å²) in [6, 6.07) is 0. The number of hydrogen-bond donors (Lipinski definition) is 0. The van der Waals surface area contributed by atoms with Crippen molar-refractivity contribution < 1.29 is 9.53 Å². The highest BCUT2D eigenvalue weighted by molar-refractivity contribution is 5.81. The molecule has 0 rings (SSSR count). The lowest BCUT2D eigenvalue weighted by Gasteiger charge is -2.28. The van der Waals surface area contributed by atoms with E-state index in [2.05, 4.69) is 41.2 Å². The fourth-order valence-electron chi connectivity index (χ4n) is 1.11. The van der Waals surface area contributed by atoms with E-state index in [-0.39, 0.29) is 11.4 Å². The fraction of sp³-hybridized carbons (Fsp3) is 0.769. The number of carbonyl (C=O) groups is 1. The molecule has 0 radical (unpaired) electrons. The molecular formula is C13H24O2. The Balaban J connectivity index is 3.97.